The lowest BCUT2D eigenvalue weighted by Gasteiger charge is -2.12. The molecule has 0 amide bonds. The quantitative estimate of drug-likeness (QED) is 0.167. The molecule has 8 rings (SSSR count). The van der Waals surface area contributed by atoms with Crippen molar-refractivity contribution in [3.8, 4) is 33.9 Å². The topological polar surface area (TPSA) is 43.6 Å². The Balaban J connectivity index is 1.24. The molecule has 0 radical (unpaired) electrons. The summed E-state index contributed by atoms with van der Waals surface area (Å²) in [7, 11) is 0. The van der Waals surface area contributed by atoms with E-state index < -0.39 is 0 Å². The molecule has 0 saturated heterocycles. The van der Waals surface area contributed by atoms with E-state index in [0.29, 0.717) is 17.5 Å². The van der Waals surface area contributed by atoms with Crippen LogP contribution < -0.4 is 0 Å². The molecule has 228 valence electrons. The number of fused-ring (bicyclic) bond motifs is 4. The highest BCUT2D eigenvalue weighted by Crippen LogP contribution is 2.33. The summed E-state index contributed by atoms with van der Waals surface area (Å²) >= 11 is 0. The summed E-state index contributed by atoms with van der Waals surface area (Å²) in [5.41, 5.74) is 8.35. The molecule has 0 aliphatic heterocycles. The van der Waals surface area contributed by atoms with Crippen molar-refractivity contribution in [2.45, 2.75) is 6.92 Å². The summed E-state index contributed by atoms with van der Waals surface area (Å²) in [6, 6.07) is 50.6. The van der Waals surface area contributed by atoms with Gasteiger partial charge in [0, 0.05) is 33.2 Å². The molecule has 0 fully saturated rings. The highest BCUT2D eigenvalue weighted by atomic mass is 15.0. The average molecular weight is 617 g/mol. The summed E-state index contributed by atoms with van der Waals surface area (Å²) < 4.78 is 2.30. The van der Waals surface area contributed by atoms with Crippen molar-refractivity contribution in [1.82, 2.24) is 19.5 Å². The first-order valence-electron chi connectivity index (χ1n) is 16.1. The van der Waals surface area contributed by atoms with Crippen LogP contribution >= 0.6 is 0 Å². The molecular weight excluding hydrogens is 585 g/mol. The fourth-order valence-corrected chi connectivity index (χ4v) is 6.44. The van der Waals surface area contributed by atoms with Gasteiger partial charge in [-0.1, -0.05) is 146 Å². The normalized spacial score (nSPS) is 12.2. The Kier molecular flexibility index (Phi) is 7.52. The lowest BCUT2D eigenvalue weighted by atomic mass is 10.00. The van der Waals surface area contributed by atoms with E-state index in [9.17, 15) is 0 Å². The predicted octanol–water partition coefficient (Wildman–Crippen LogP) is 11.3. The molecule has 8 aromatic rings. The zero-order valence-corrected chi connectivity index (χ0v) is 26.6. The largest absolute Gasteiger partial charge is 0.313 e. The third kappa shape index (κ3) is 5.40. The highest BCUT2D eigenvalue weighted by Gasteiger charge is 2.15. The molecule has 4 nitrogen and oxygen atoms in total. The molecule has 0 aliphatic rings. The Morgan fingerprint density at radius 2 is 1.08 bits per heavy atom. The number of benzene rings is 6. The van der Waals surface area contributed by atoms with Crippen molar-refractivity contribution in [1.29, 1.82) is 0 Å². The second-order valence-electron chi connectivity index (χ2n) is 11.8. The third-order valence-corrected chi connectivity index (χ3v) is 8.75. The minimum atomic E-state index is 0.581. The summed E-state index contributed by atoms with van der Waals surface area (Å²) in [6.07, 6.45) is 5.89. The second kappa shape index (κ2) is 12.4. The van der Waals surface area contributed by atoms with E-state index in [4.69, 9.17) is 15.0 Å². The van der Waals surface area contributed by atoms with Gasteiger partial charge in [0.2, 0.25) is 0 Å². The van der Waals surface area contributed by atoms with Gasteiger partial charge >= 0.3 is 0 Å². The molecule has 48 heavy (non-hydrogen) atoms. The van der Waals surface area contributed by atoms with Crippen molar-refractivity contribution >= 4 is 43.8 Å². The molecular formula is C44H32N4. The van der Waals surface area contributed by atoms with Crippen molar-refractivity contribution in [2.24, 2.45) is 0 Å². The number of allylic oxidation sites excluding steroid dienone is 5. The van der Waals surface area contributed by atoms with E-state index in [1.807, 2.05) is 36.4 Å². The predicted molar refractivity (Wildman–Crippen MR) is 201 cm³/mol. The number of hydrogen-bond acceptors (Lipinski definition) is 3. The Labute approximate surface area is 279 Å². The molecule has 0 unspecified atom stereocenters. The average Bonchev–Trinajstić information content (AvgIpc) is 3.49. The molecule has 0 saturated carbocycles. The van der Waals surface area contributed by atoms with Crippen molar-refractivity contribution < 1.29 is 0 Å². The highest BCUT2D eigenvalue weighted by molar-refractivity contribution is 6.10. The van der Waals surface area contributed by atoms with Crippen molar-refractivity contribution in [3.63, 3.8) is 0 Å². The lowest BCUT2D eigenvalue weighted by molar-refractivity contribution is 1.04. The van der Waals surface area contributed by atoms with Gasteiger partial charge in [-0.15, -0.1) is 0 Å². The molecule has 0 spiro atoms. The maximum atomic E-state index is 5.06. The van der Waals surface area contributed by atoms with E-state index in [0.717, 1.165) is 39.0 Å². The van der Waals surface area contributed by atoms with Crippen LogP contribution in [0.3, 0.4) is 0 Å². The van der Waals surface area contributed by atoms with Gasteiger partial charge in [0.15, 0.2) is 17.5 Å². The number of rotatable bonds is 7. The second-order valence-corrected chi connectivity index (χ2v) is 11.8. The Morgan fingerprint density at radius 3 is 1.75 bits per heavy atom. The molecule has 0 bridgehead atoms. The van der Waals surface area contributed by atoms with Gasteiger partial charge in [-0.2, -0.15) is 0 Å². The zero-order valence-electron chi connectivity index (χ0n) is 26.6. The summed E-state index contributed by atoms with van der Waals surface area (Å²) in [5, 5.41) is 4.89. The van der Waals surface area contributed by atoms with E-state index in [-0.39, 0.29) is 0 Å². The van der Waals surface area contributed by atoms with Gasteiger partial charge in [0.25, 0.3) is 0 Å². The Hall–Kier alpha value is -6.39. The number of nitrogens with zero attached hydrogens (tertiary/aromatic N) is 4. The molecule has 0 atom stereocenters. The van der Waals surface area contributed by atoms with Crippen LogP contribution in [-0.2, 0) is 0 Å². The summed E-state index contributed by atoms with van der Waals surface area (Å²) in [6.45, 7) is 6.16. The minimum Gasteiger partial charge on any atom is -0.313 e. The number of hydrogen-bond donors (Lipinski definition) is 0. The third-order valence-electron chi connectivity index (χ3n) is 8.75. The molecule has 2 aromatic heterocycles. The van der Waals surface area contributed by atoms with E-state index in [1.54, 1.807) is 6.08 Å². The monoisotopic (exact) mass is 616 g/mol. The summed E-state index contributed by atoms with van der Waals surface area (Å²) in [4.78, 5) is 15.0. The first-order chi connectivity index (χ1) is 23.7. The molecule has 0 aliphatic carbocycles. The van der Waals surface area contributed by atoms with Gasteiger partial charge in [-0.05, 0) is 53.1 Å². The van der Waals surface area contributed by atoms with Gasteiger partial charge in [0.1, 0.15) is 0 Å². The lowest BCUT2D eigenvalue weighted by Crippen LogP contribution is -2.03. The van der Waals surface area contributed by atoms with Crippen LogP contribution in [0.25, 0.3) is 77.8 Å². The van der Waals surface area contributed by atoms with Crippen LogP contribution in [0.5, 0.6) is 0 Å². The summed E-state index contributed by atoms with van der Waals surface area (Å²) in [5.74, 6) is 1.81. The smallest absolute Gasteiger partial charge is 0.164 e. The van der Waals surface area contributed by atoms with Gasteiger partial charge in [-0.3, -0.25) is 0 Å². The zero-order chi connectivity index (χ0) is 32.5. The first-order valence-corrected chi connectivity index (χ1v) is 16.1. The van der Waals surface area contributed by atoms with Crippen molar-refractivity contribution in [3.05, 3.63) is 176 Å². The Morgan fingerprint density at radius 1 is 0.542 bits per heavy atom. The fourth-order valence-electron chi connectivity index (χ4n) is 6.44. The maximum Gasteiger partial charge on any atom is 0.164 e. The van der Waals surface area contributed by atoms with Crippen LogP contribution in [0, 0.1) is 0 Å². The van der Waals surface area contributed by atoms with Gasteiger partial charge in [0.05, 0.1) is 11.0 Å². The van der Waals surface area contributed by atoms with Crippen LogP contribution in [0.4, 0.5) is 0 Å². The minimum absolute atomic E-state index is 0.581. The Bertz CT molecular complexity index is 2470. The molecule has 0 N–H and O–H groups in total. The maximum absolute atomic E-state index is 5.06. The number of para-hydroxylation sites is 2. The molecule has 4 heteroatoms. The van der Waals surface area contributed by atoms with Crippen LogP contribution in [0.15, 0.2) is 170 Å². The fraction of sp³-hybridized carbons (Fsp3) is 0.0227. The number of aromatic nitrogens is 4. The van der Waals surface area contributed by atoms with E-state index >= 15 is 0 Å². The van der Waals surface area contributed by atoms with Crippen LogP contribution in [0.1, 0.15) is 12.7 Å². The molecule has 2 heterocycles. The first kappa shape index (κ1) is 29.0. The van der Waals surface area contributed by atoms with E-state index in [2.05, 4.69) is 139 Å². The van der Waals surface area contributed by atoms with Crippen molar-refractivity contribution in [2.75, 3.05) is 0 Å². The SMILES string of the molecule is C=C/C=C(\C=C(/C)n1c2ccccc2c2ccccc21)c1nc(-c2ccccc2)nc(-c2ccc(-c3ccc4ccccc4c3)cc2)n1. The van der Waals surface area contributed by atoms with Gasteiger partial charge < -0.3 is 4.57 Å². The standard InChI is InChI=1S/C44H32N4/c1-3-13-37(28-30(2)48-40-20-11-9-18-38(40)39-19-10-12-21-41(39)48)44-46-42(33-15-5-4-6-16-33)45-43(47-44)34-25-22-32(23-26-34)36-27-24-31-14-7-8-17-35(31)29-36/h3-29H,1H2,2H3/b30-28+,37-13+. The van der Waals surface area contributed by atoms with Crippen LogP contribution in [0.2, 0.25) is 0 Å². The molecule has 6 aromatic carbocycles. The van der Waals surface area contributed by atoms with E-state index in [1.165, 1.54) is 27.1 Å². The van der Waals surface area contributed by atoms with Gasteiger partial charge in [-0.25, -0.2) is 15.0 Å². The van der Waals surface area contributed by atoms with Crippen LogP contribution in [-0.4, -0.2) is 19.5 Å².